The van der Waals surface area contributed by atoms with Gasteiger partial charge in [-0.05, 0) is 31.0 Å². The second-order valence-corrected chi connectivity index (χ2v) is 5.90. The minimum absolute atomic E-state index is 0.216. The van der Waals surface area contributed by atoms with Crippen molar-refractivity contribution < 1.29 is 13.2 Å². The summed E-state index contributed by atoms with van der Waals surface area (Å²) >= 11 is 0. The monoisotopic (exact) mass is 296 g/mol. The van der Waals surface area contributed by atoms with Gasteiger partial charge in [0.2, 0.25) is 10.0 Å². The van der Waals surface area contributed by atoms with E-state index in [0.717, 1.165) is 12.8 Å². The molecular formula is C14H20N2O3S. The number of unbranched alkanes of at least 4 members (excludes halogenated alkanes) is 1. The molecule has 1 rings (SSSR count). The summed E-state index contributed by atoms with van der Waals surface area (Å²) in [6.45, 7) is 1.27. The van der Waals surface area contributed by atoms with Crippen molar-refractivity contribution >= 4 is 10.0 Å². The fraction of sp³-hybridized carbons (Fsp3) is 0.429. The Kier molecular flexibility index (Phi) is 7.26. The zero-order valence-electron chi connectivity index (χ0n) is 11.6. The van der Waals surface area contributed by atoms with Gasteiger partial charge in [0.1, 0.15) is 0 Å². The molecule has 0 saturated carbocycles. The average Bonchev–Trinajstić information content (AvgIpc) is 2.45. The molecule has 6 heteroatoms. The Hall–Kier alpha value is -1.39. The first-order valence-electron chi connectivity index (χ1n) is 6.38. The first kappa shape index (κ1) is 16.7. The van der Waals surface area contributed by atoms with Crippen molar-refractivity contribution in [1.29, 1.82) is 0 Å². The second-order valence-electron chi connectivity index (χ2n) is 4.13. The second kappa shape index (κ2) is 8.72. The van der Waals surface area contributed by atoms with Crippen LogP contribution < -0.4 is 10.5 Å². The van der Waals surface area contributed by atoms with E-state index in [1.165, 1.54) is 0 Å². The summed E-state index contributed by atoms with van der Waals surface area (Å²) in [5.41, 5.74) is 5.93. The molecule has 0 bridgehead atoms. The lowest BCUT2D eigenvalue weighted by molar-refractivity contribution is 0.193. The van der Waals surface area contributed by atoms with Crippen molar-refractivity contribution in [2.45, 2.75) is 17.7 Å². The lowest BCUT2D eigenvalue weighted by Gasteiger charge is -2.07. The van der Waals surface area contributed by atoms with Crippen LogP contribution in [0.25, 0.3) is 0 Å². The van der Waals surface area contributed by atoms with Crippen molar-refractivity contribution in [2.24, 2.45) is 5.73 Å². The van der Waals surface area contributed by atoms with Crippen molar-refractivity contribution in [1.82, 2.24) is 4.72 Å². The van der Waals surface area contributed by atoms with Crippen molar-refractivity contribution in [3.8, 4) is 11.8 Å². The highest BCUT2D eigenvalue weighted by Crippen LogP contribution is 2.10. The van der Waals surface area contributed by atoms with E-state index in [2.05, 4.69) is 16.6 Å². The van der Waals surface area contributed by atoms with Gasteiger partial charge in [-0.1, -0.05) is 17.9 Å². The van der Waals surface area contributed by atoms with E-state index >= 15 is 0 Å². The molecule has 1 aromatic carbocycles. The maximum absolute atomic E-state index is 12.1. The summed E-state index contributed by atoms with van der Waals surface area (Å²) in [7, 11) is -1.86. The molecule has 5 nitrogen and oxygen atoms in total. The first-order valence-corrected chi connectivity index (χ1v) is 7.86. The summed E-state index contributed by atoms with van der Waals surface area (Å²) in [5.74, 6) is 5.52. The highest BCUT2D eigenvalue weighted by molar-refractivity contribution is 7.89. The predicted molar refractivity (Wildman–Crippen MR) is 78.7 cm³/mol. The highest BCUT2D eigenvalue weighted by Gasteiger charge is 2.13. The van der Waals surface area contributed by atoms with Crippen LogP contribution in [-0.2, 0) is 14.8 Å². The van der Waals surface area contributed by atoms with Gasteiger partial charge in [0, 0.05) is 25.8 Å². The van der Waals surface area contributed by atoms with Gasteiger partial charge < -0.3 is 10.5 Å². The molecule has 0 aliphatic carbocycles. The van der Waals surface area contributed by atoms with Crippen LogP contribution in [0.5, 0.6) is 0 Å². The Morgan fingerprint density at radius 2 is 2.15 bits per heavy atom. The third-order valence-electron chi connectivity index (χ3n) is 2.55. The van der Waals surface area contributed by atoms with E-state index in [1.54, 1.807) is 31.4 Å². The Labute approximate surface area is 120 Å². The van der Waals surface area contributed by atoms with Gasteiger partial charge in [-0.3, -0.25) is 0 Å². The largest absolute Gasteiger partial charge is 0.385 e. The van der Waals surface area contributed by atoms with Gasteiger partial charge in [0.25, 0.3) is 0 Å². The van der Waals surface area contributed by atoms with Crippen LogP contribution in [0.15, 0.2) is 29.2 Å². The van der Waals surface area contributed by atoms with E-state index < -0.39 is 10.0 Å². The van der Waals surface area contributed by atoms with Crippen molar-refractivity contribution in [2.75, 3.05) is 26.8 Å². The quantitative estimate of drug-likeness (QED) is 0.573. The number of ether oxygens (including phenoxy) is 1. The topological polar surface area (TPSA) is 81.4 Å². The standard InChI is InChI=1S/C14H20N2O3S/c1-19-11-3-2-10-16-20(17,18)14-8-4-6-13(12-14)7-5-9-15/h4,6,8,12,16H,2-3,9-11,15H2,1H3. The van der Waals surface area contributed by atoms with Gasteiger partial charge in [-0.15, -0.1) is 0 Å². The molecule has 3 N–H and O–H groups in total. The third-order valence-corrected chi connectivity index (χ3v) is 4.01. The van der Waals surface area contributed by atoms with Crippen LogP contribution in [0.1, 0.15) is 18.4 Å². The van der Waals surface area contributed by atoms with Crippen molar-refractivity contribution in [3.63, 3.8) is 0 Å². The molecule has 0 aliphatic heterocycles. The van der Waals surface area contributed by atoms with Crippen LogP contribution in [0.2, 0.25) is 0 Å². The molecule has 20 heavy (non-hydrogen) atoms. The van der Waals surface area contributed by atoms with Crippen LogP contribution >= 0.6 is 0 Å². The molecule has 0 saturated heterocycles. The number of nitrogens with two attached hydrogens (primary N) is 1. The highest BCUT2D eigenvalue weighted by atomic mass is 32.2. The normalized spacial score (nSPS) is 10.9. The summed E-state index contributed by atoms with van der Waals surface area (Å²) in [6.07, 6.45) is 1.56. The van der Waals surface area contributed by atoms with Crippen LogP contribution in [0.4, 0.5) is 0 Å². The minimum atomic E-state index is -3.48. The van der Waals surface area contributed by atoms with E-state index in [-0.39, 0.29) is 11.4 Å². The minimum Gasteiger partial charge on any atom is -0.385 e. The number of methoxy groups -OCH3 is 1. The molecule has 1 aromatic rings. The Morgan fingerprint density at radius 3 is 2.85 bits per heavy atom. The third kappa shape index (κ3) is 5.72. The fourth-order valence-corrected chi connectivity index (χ4v) is 2.67. The molecule has 0 aromatic heterocycles. The summed E-state index contributed by atoms with van der Waals surface area (Å²) < 4.78 is 31.6. The van der Waals surface area contributed by atoms with Crippen LogP contribution in [-0.4, -0.2) is 35.2 Å². The maximum atomic E-state index is 12.1. The van der Waals surface area contributed by atoms with Crippen LogP contribution in [0.3, 0.4) is 0 Å². The lowest BCUT2D eigenvalue weighted by atomic mass is 10.2. The molecule has 0 spiro atoms. The van der Waals surface area contributed by atoms with Crippen molar-refractivity contribution in [3.05, 3.63) is 29.8 Å². The molecule has 110 valence electrons. The first-order chi connectivity index (χ1) is 9.60. The molecule has 0 amide bonds. The summed E-state index contributed by atoms with van der Waals surface area (Å²) in [4.78, 5) is 0.216. The number of nitrogens with one attached hydrogen (secondary N) is 1. The smallest absolute Gasteiger partial charge is 0.240 e. The van der Waals surface area contributed by atoms with E-state index in [9.17, 15) is 8.42 Å². The Bertz CT molecular complexity index is 574. The molecule has 0 radical (unpaired) electrons. The zero-order valence-corrected chi connectivity index (χ0v) is 12.4. The number of benzene rings is 1. The zero-order chi connectivity index (χ0) is 14.8. The molecule has 0 atom stereocenters. The molecule has 0 unspecified atom stereocenters. The number of sulfonamides is 1. The van der Waals surface area contributed by atoms with Gasteiger partial charge in [0.15, 0.2) is 0 Å². The summed E-state index contributed by atoms with van der Waals surface area (Å²) in [6, 6.07) is 6.51. The number of hydrogen-bond donors (Lipinski definition) is 2. The van der Waals surface area contributed by atoms with Gasteiger partial charge in [-0.25, -0.2) is 13.1 Å². The predicted octanol–water partition coefficient (Wildman–Crippen LogP) is 0.702. The summed E-state index contributed by atoms with van der Waals surface area (Å²) in [5, 5.41) is 0. The fourth-order valence-electron chi connectivity index (χ4n) is 1.56. The lowest BCUT2D eigenvalue weighted by Crippen LogP contribution is -2.25. The molecular weight excluding hydrogens is 276 g/mol. The number of rotatable bonds is 7. The van der Waals surface area contributed by atoms with Gasteiger partial charge in [-0.2, -0.15) is 0 Å². The van der Waals surface area contributed by atoms with E-state index in [1.807, 2.05) is 0 Å². The molecule has 0 heterocycles. The average molecular weight is 296 g/mol. The van der Waals surface area contributed by atoms with E-state index in [4.69, 9.17) is 10.5 Å². The Morgan fingerprint density at radius 1 is 1.35 bits per heavy atom. The van der Waals surface area contributed by atoms with E-state index in [0.29, 0.717) is 18.7 Å². The Balaban J connectivity index is 2.67. The SMILES string of the molecule is COCCCCNS(=O)(=O)c1cccc(C#CCN)c1. The number of hydrogen-bond acceptors (Lipinski definition) is 4. The van der Waals surface area contributed by atoms with Gasteiger partial charge >= 0.3 is 0 Å². The van der Waals surface area contributed by atoms with Crippen LogP contribution in [0, 0.1) is 11.8 Å². The molecule has 0 aliphatic rings. The maximum Gasteiger partial charge on any atom is 0.240 e. The van der Waals surface area contributed by atoms with Gasteiger partial charge in [0.05, 0.1) is 11.4 Å². The molecule has 0 fully saturated rings.